The summed E-state index contributed by atoms with van der Waals surface area (Å²) in [5.74, 6) is 0.765. The molecule has 0 spiro atoms. The van der Waals surface area contributed by atoms with Crippen LogP contribution in [0.25, 0.3) is 6.08 Å². The molecule has 1 aromatic carbocycles. The lowest BCUT2D eigenvalue weighted by atomic mass is 10.1. The van der Waals surface area contributed by atoms with E-state index in [1.807, 2.05) is 0 Å². The Kier molecular flexibility index (Phi) is 4.55. The zero-order valence-electron chi connectivity index (χ0n) is 11.7. The van der Waals surface area contributed by atoms with Crippen molar-refractivity contribution in [2.24, 2.45) is 7.05 Å². The molecule has 7 nitrogen and oxygen atoms in total. The van der Waals surface area contributed by atoms with Crippen LogP contribution in [0.5, 0.6) is 11.5 Å². The summed E-state index contributed by atoms with van der Waals surface area (Å²) in [5.41, 5.74) is 0.639. The number of carbonyl (C=O) groups is 1. The second-order valence-corrected chi connectivity index (χ2v) is 4.16. The van der Waals surface area contributed by atoms with Crippen molar-refractivity contribution in [3.63, 3.8) is 0 Å². The summed E-state index contributed by atoms with van der Waals surface area (Å²) < 4.78 is 12.4. The average Bonchev–Trinajstić information content (AvgIpc) is 2.88. The van der Waals surface area contributed by atoms with E-state index >= 15 is 0 Å². The molecule has 1 aromatic heterocycles. The van der Waals surface area contributed by atoms with Gasteiger partial charge in [-0.2, -0.15) is 5.10 Å². The second kappa shape index (κ2) is 6.56. The topological polar surface area (TPSA) is 86.5 Å². The van der Waals surface area contributed by atoms with Crippen molar-refractivity contribution < 1.29 is 19.4 Å². The number of hydrogen-bond acceptors (Lipinski definition) is 5. The number of ether oxygens (including phenoxy) is 2. The van der Waals surface area contributed by atoms with Gasteiger partial charge in [0.25, 0.3) is 0 Å². The first kappa shape index (κ1) is 14.6. The van der Waals surface area contributed by atoms with E-state index in [2.05, 4.69) is 10.1 Å². The number of aromatic nitrogens is 3. The number of methoxy groups -OCH3 is 1. The Hall–Kier alpha value is -2.83. The number of benzene rings is 1. The number of nitrogens with zero attached hydrogens (tertiary/aromatic N) is 3. The van der Waals surface area contributed by atoms with Crippen LogP contribution in [0.3, 0.4) is 0 Å². The zero-order valence-corrected chi connectivity index (χ0v) is 11.7. The fourth-order valence-corrected chi connectivity index (χ4v) is 1.66. The smallest absolute Gasteiger partial charge is 0.328 e. The third-order valence-electron chi connectivity index (χ3n) is 2.79. The molecule has 0 bridgehead atoms. The molecule has 0 aliphatic heterocycles. The maximum Gasteiger partial charge on any atom is 0.328 e. The lowest BCUT2D eigenvalue weighted by molar-refractivity contribution is -0.131. The first-order valence-electron chi connectivity index (χ1n) is 6.15. The summed E-state index contributed by atoms with van der Waals surface area (Å²) in [7, 11) is 3.32. The highest BCUT2D eigenvalue weighted by Gasteiger charge is 2.07. The van der Waals surface area contributed by atoms with E-state index in [0.717, 1.165) is 6.08 Å². The van der Waals surface area contributed by atoms with Gasteiger partial charge in [-0.25, -0.2) is 9.78 Å². The van der Waals surface area contributed by atoms with Crippen molar-refractivity contribution in [1.82, 2.24) is 14.8 Å². The molecule has 0 saturated heterocycles. The third-order valence-corrected chi connectivity index (χ3v) is 2.79. The van der Waals surface area contributed by atoms with Crippen LogP contribution in [0.15, 0.2) is 30.6 Å². The van der Waals surface area contributed by atoms with Gasteiger partial charge in [0.1, 0.15) is 24.4 Å². The highest BCUT2D eigenvalue weighted by molar-refractivity contribution is 5.86. The number of carboxylic acid groups (broad SMARTS) is 1. The maximum atomic E-state index is 10.6. The highest BCUT2D eigenvalue weighted by atomic mass is 16.5. The van der Waals surface area contributed by atoms with Gasteiger partial charge in [-0.1, -0.05) is 0 Å². The summed E-state index contributed by atoms with van der Waals surface area (Å²) in [6.45, 7) is 0.220. The van der Waals surface area contributed by atoms with Gasteiger partial charge in [0.05, 0.1) is 7.11 Å². The molecule has 0 saturated carbocycles. The lowest BCUT2D eigenvalue weighted by Crippen LogP contribution is -2.05. The van der Waals surface area contributed by atoms with Gasteiger partial charge in [0, 0.05) is 24.8 Å². The first-order chi connectivity index (χ1) is 10.1. The fourth-order valence-electron chi connectivity index (χ4n) is 1.66. The SMILES string of the molecule is COc1ccc(C=CC(=O)O)c(OCc2ncnn2C)c1. The molecule has 7 heteroatoms. The molecule has 21 heavy (non-hydrogen) atoms. The van der Waals surface area contributed by atoms with E-state index in [9.17, 15) is 4.79 Å². The van der Waals surface area contributed by atoms with Crippen molar-refractivity contribution in [3.8, 4) is 11.5 Å². The molecule has 1 N–H and O–H groups in total. The van der Waals surface area contributed by atoms with Crippen molar-refractivity contribution in [1.29, 1.82) is 0 Å². The Morgan fingerprint density at radius 2 is 2.29 bits per heavy atom. The maximum absolute atomic E-state index is 10.6. The van der Waals surface area contributed by atoms with Crippen molar-refractivity contribution >= 4 is 12.0 Å². The molecular weight excluding hydrogens is 274 g/mol. The van der Waals surface area contributed by atoms with Crippen LogP contribution in [0.4, 0.5) is 0 Å². The molecule has 0 atom stereocenters. The molecule has 1 heterocycles. The molecule has 2 rings (SSSR count). The van der Waals surface area contributed by atoms with Gasteiger partial charge in [-0.15, -0.1) is 0 Å². The normalized spacial score (nSPS) is 10.8. The Balaban J connectivity index is 2.22. The molecule has 0 fully saturated rings. The highest BCUT2D eigenvalue weighted by Crippen LogP contribution is 2.26. The Labute approximate surface area is 121 Å². The van der Waals surface area contributed by atoms with Gasteiger partial charge in [0.2, 0.25) is 0 Å². The molecule has 2 aromatic rings. The minimum atomic E-state index is -1.02. The minimum Gasteiger partial charge on any atom is -0.497 e. The van der Waals surface area contributed by atoms with E-state index in [1.165, 1.54) is 12.4 Å². The molecule has 0 aliphatic carbocycles. The standard InChI is InChI=1S/C14H15N3O4/c1-17-13(15-9-16-17)8-21-12-7-11(20-2)5-3-10(12)4-6-14(18)19/h3-7,9H,8H2,1-2H3,(H,18,19). The average molecular weight is 289 g/mol. The Morgan fingerprint density at radius 3 is 2.90 bits per heavy atom. The van der Waals surface area contributed by atoms with Gasteiger partial charge in [-0.3, -0.25) is 4.68 Å². The summed E-state index contributed by atoms with van der Waals surface area (Å²) >= 11 is 0. The second-order valence-electron chi connectivity index (χ2n) is 4.16. The predicted molar refractivity (Wildman–Crippen MR) is 75.0 cm³/mol. The van der Waals surface area contributed by atoms with Gasteiger partial charge < -0.3 is 14.6 Å². The van der Waals surface area contributed by atoms with Crippen LogP contribution in [-0.4, -0.2) is 33.0 Å². The van der Waals surface area contributed by atoms with Crippen molar-refractivity contribution in [3.05, 3.63) is 42.0 Å². The Morgan fingerprint density at radius 1 is 1.48 bits per heavy atom. The number of carboxylic acids is 1. The zero-order chi connectivity index (χ0) is 15.2. The van der Waals surface area contributed by atoms with Crippen molar-refractivity contribution in [2.75, 3.05) is 7.11 Å². The van der Waals surface area contributed by atoms with E-state index in [-0.39, 0.29) is 6.61 Å². The van der Waals surface area contributed by atoms with E-state index in [0.29, 0.717) is 22.9 Å². The molecule has 0 aliphatic rings. The van der Waals surface area contributed by atoms with Crippen LogP contribution in [0.2, 0.25) is 0 Å². The van der Waals surface area contributed by atoms with Crippen LogP contribution in [0, 0.1) is 0 Å². The first-order valence-corrected chi connectivity index (χ1v) is 6.15. The third kappa shape index (κ3) is 3.82. The number of rotatable bonds is 6. The van der Waals surface area contributed by atoms with Gasteiger partial charge >= 0.3 is 5.97 Å². The largest absolute Gasteiger partial charge is 0.497 e. The van der Waals surface area contributed by atoms with Crippen LogP contribution < -0.4 is 9.47 Å². The van der Waals surface area contributed by atoms with Crippen LogP contribution in [0.1, 0.15) is 11.4 Å². The number of aliphatic carboxylic acids is 1. The summed E-state index contributed by atoms with van der Waals surface area (Å²) in [5, 5.41) is 12.7. The number of aryl methyl sites for hydroxylation is 1. The van der Waals surface area contributed by atoms with Gasteiger partial charge in [0.15, 0.2) is 5.82 Å². The molecule has 110 valence electrons. The Bertz CT molecular complexity index is 664. The van der Waals surface area contributed by atoms with Crippen LogP contribution >= 0.6 is 0 Å². The predicted octanol–water partition coefficient (Wildman–Crippen LogP) is 1.50. The minimum absolute atomic E-state index is 0.220. The fraction of sp³-hybridized carbons (Fsp3) is 0.214. The van der Waals surface area contributed by atoms with E-state index in [1.54, 1.807) is 37.0 Å². The summed E-state index contributed by atoms with van der Waals surface area (Å²) in [4.78, 5) is 14.7. The van der Waals surface area contributed by atoms with E-state index in [4.69, 9.17) is 14.6 Å². The molecule has 0 radical (unpaired) electrons. The quantitative estimate of drug-likeness (QED) is 0.811. The van der Waals surface area contributed by atoms with Gasteiger partial charge in [-0.05, 0) is 18.2 Å². The summed E-state index contributed by atoms with van der Waals surface area (Å²) in [6.07, 6.45) is 3.96. The molecule has 0 amide bonds. The van der Waals surface area contributed by atoms with Crippen LogP contribution in [-0.2, 0) is 18.4 Å². The molecule has 0 unspecified atom stereocenters. The number of hydrogen-bond donors (Lipinski definition) is 1. The van der Waals surface area contributed by atoms with Crippen molar-refractivity contribution in [2.45, 2.75) is 6.61 Å². The monoisotopic (exact) mass is 289 g/mol. The lowest BCUT2D eigenvalue weighted by Gasteiger charge is -2.10. The van der Waals surface area contributed by atoms with E-state index < -0.39 is 5.97 Å². The molecular formula is C14H15N3O4. The summed E-state index contributed by atoms with van der Waals surface area (Å²) in [6, 6.07) is 5.15.